The first-order chi connectivity index (χ1) is 18.8. The number of halogens is 2. The number of carbonyl (C=O) groups is 3. The second-order valence-electron chi connectivity index (χ2n) is 9.42. The Morgan fingerprint density at radius 1 is 1.03 bits per heavy atom. The summed E-state index contributed by atoms with van der Waals surface area (Å²) < 4.78 is 5.92. The van der Waals surface area contributed by atoms with Crippen LogP contribution >= 0.6 is 23.2 Å². The van der Waals surface area contributed by atoms with Crippen molar-refractivity contribution in [2.45, 2.75) is 25.8 Å². The van der Waals surface area contributed by atoms with Gasteiger partial charge in [-0.15, -0.1) is 0 Å². The summed E-state index contributed by atoms with van der Waals surface area (Å²) in [6.45, 7) is 2.62. The molecule has 0 saturated carbocycles. The van der Waals surface area contributed by atoms with E-state index in [0.29, 0.717) is 5.57 Å². The van der Waals surface area contributed by atoms with Gasteiger partial charge < -0.3 is 4.74 Å². The third-order valence-corrected chi connectivity index (χ3v) is 7.37. The van der Waals surface area contributed by atoms with Crippen molar-refractivity contribution < 1.29 is 19.1 Å². The van der Waals surface area contributed by atoms with Crippen molar-refractivity contribution >= 4 is 58.0 Å². The van der Waals surface area contributed by atoms with Crippen LogP contribution in [0.15, 0.2) is 64.2 Å². The maximum Gasteiger partial charge on any atom is 0.255 e. The molecule has 198 valence electrons. The number of ketones is 2. The van der Waals surface area contributed by atoms with E-state index in [9.17, 15) is 14.4 Å². The second kappa shape index (κ2) is 11.5. The SMILES string of the molecule is N#CC1=NN(c2cc(Cl)c(OC3=NCC(=O)C(C4CCN(Cc5ccccc5)CC4)=C3)c(Cl)c2)C(=O)CC1=O. The van der Waals surface area contributed by atoms with Gasteiger partial charge in [-0.05, 0) is 49.5 Å². The van der Waals surface area contributed by atoms with E-state index in [2.05, 4.69) is 27.1 Å². The van der Waals surface area contributed by atoms with Crippen molar-refractivity contribution in [1.82, 2.24) is 4.90 Å². The van der Waals surface area contributed by atoms with E-state index in [1.54, 1.807) is 12.1 Å². The lowest BCUT2D eigenvalue weighted by molar-refractivity contribution is -0.124. The average molecular weight is 564 g/mol. The fraction of sp³-hybridized carbons (Fsp3) is 0.286. The van der Waals surface area contributed by atoms with Gasteiger partial charge in [-0.3, -0.25) is 19.3 Å². The van der Waals surface area contributed by atoms with Crippen molar-refractivity contribution in [3.05, 3.63) is 69.7 Å². The molecule has 1 fully saturated rings. The fourth-order valence-electron chi connectivity index (χ4n) is 4.82. The molecule has 3 aliphatic heterocycles. The number of likely N-dealkylation sites (tertiary alicyclic amines) is 1. The highest BCUT2D eigenvalue weighted by molar-refractivity contribution is 6.50. The molecule has 5 rings (SSSR count). The van der Waals surface area contributed by atoms with Crippen LogP contribution in [0.25, 0.3) is 0 Å². The molecule has 9 nitrogen and oxygen atoms in total. The van der Waals surface area contributed by atoms with Crippen molar-refractivity contribution in [1.29, 1.82) is 5.26 Å². The van der Waals surface area contributed by atoms with Crippen molar-refractivity contribution in [2.75, 3.05) is 24.6 Å². The molecular weight excluding hydrogens is 541 g/mol. The number of aliphatic imine (C=N–C) groups is 1. The molecule has 3 heterocycles. The van der Waals surface area contributed by atoms with Gasteiger partial charge in [0.2, 0.25) is 17.4 Å². The normalized spacial score (nSPS) is 18.8. The Morgan fingerprint density at radius 3 is 2.38 bits per heavy atom. The van der Waals surface area contributed by atoms with Crippen molar-refractivity contribution in [3.63, 3.8) is 0 Å². The number of ether oxygens (including phenoxy) is 1. The minimum atomic E-state index is -0.648. The number of amides is 1. The zero-order valence-electron chi connectivity index (χ0n) is 20.8. The largest absolute Gasteiger partial charge is 0.436 e. The number of hydrogen-bond donors (Lipinski definition) is 0. The Kier molecular flexibility index (Phi) is 7.89. The number of anilines is 1. The highest BCUT2D eigenvalue weighted by Gasteiger charge is 2.31. The molecule has 11 heteroatoms. The second-order valence-corrected chi connectivity index (χ2v) is 10.2. The molecule has 3 aliphatic rings. The Hall–Kier alpha value is -3.84. The van der Waals surface area contributed by atoms with Crippen LogP contribution in [-0.4, -0.2) is 53.6 Å². The molecule has 1 saturated heterocycles. The zero-order chi connectivity index (χ0) is 27.5. The number of benzene rings is 2. The minimum Gasteiger partial charge on any atom is -0.436 e. The summed E-state index contributed by atoms with van der Waals surface area (Å²) in [5.41, 5.74) is 1.75. The number of nitrogens with zero attached hydrogens (tertiary/aromatic N) is 5. The first-order valence-electron chi connectivity index (χ1n) is 12.4. The first kappa shape index (κ1) is 26.8. The Labute approximate surface area is 234 Å². The van der Waals surface area contributed by atoms with E-state index in [1.165, 1.54) is 17.7 Å². The Bertz CT molecular complexity index is 1450. The van der Waals surface area contributed by atoms with Gasteiger partial charge in [0.15, 0.2) is 11.5 Å². The predicted octanol–water partition coefficient (Wildman–Crippen LogP) is 4.38. The number of dihydropyridines is 1. The van der Waals surface area contributed by atoms with Crippen LogP contribution < -0.4 is 9.75 Å². The summed E-state index contributed by atoms with van der Waals surface area (Å²) in [4.78, 5) is 43.4. The lowest BCUT2D eigenvalue weighted by Crippen LogP contribution is -2.36. The maximum atomic E-state index is 12.7. The first-order valence-corrected chi connectivity index (χ1v) is 13.1. The number of piperidine rings is 1. The predicted molar refractivity (Wildman–Crippen MR) is 147 cm³/mol. The zero-order valence-corrected chi connectivity index (χ0v) is 22.3. The smallest absolute Gasteiger partial charge is 0.255 e. The van der Waals surface area contributed by atoms with Crippen LogP contribution in [0.1, 0.15) is 24.8 Å². The van der Waals surface area contributed by atoms with E-state index >= 15 is 0 Å². The number of Topliss-reactive ketones (excluding diaryl/α,β-unsaturated/α-hetero) is 2. The minimum absolute atomic E-state index is 0.0271. The van der Waals surface area contributed by atoms with Gasteiger partial charge in [-0.25, -0.2) is 4.99 Å². The summed E-state index contributed by atoms with van der Waals surface area (Å²) in [7, 11) is 0. The van der Waals surface area contributed by atoms with Crippen LogP contribution in [0.2, 0.25) is 10.0 Å². The lowest BCUT2D eigenvalue weighted by atomic mass is 9.85. The van der Waals surface area contributed by atoms with E-state index in [1.807, 2.05) is 18.2 Å². The van der Waals surface area contributed by atoms with E-state index in [0.717, 1.165) is 37.5 Å². The van der Waals surface area contributed by atoms with Gasteiger partial charge in [0.25, 0.3) is 5.91 Å². The van der Waals surface area contributed by atoms with Gasteiger partial charge in [0, 0.05) is 18.2 Å². The molecule has 0 N–H and O–H groups in total. The van der Waals surface area contributed by atoms with Crippen molar-refractivity contribution in [2.24, 2.45) is 16.0 Å². The average Bonchev–Trinajstić information content (AvgIpc) is 2.93. The van der Waals surface area contributed by atoms with Gasteiger partial charge in [0.05, 0.1) is 22.2 Å². The summed E-state index contributed by atoms with van der Waals surface area (Å²) >= 11 is 12.9. The van der Waals surface area contributed by atoms with Crippen LogP contribution in [0.4, 0.5) is 5.69 Å². The summed E-state index contributed by atoms with van der Waals surface area (Å²) in [6, 6.07) is 14.8. The van der Waals surface area contributed by atoms with Gasteiger partial charge in [-0.2, -0.15) is 15.4 Å². The lowest BCUT2D eigenvalue weighted by Gasteiger charge is -2.33. The van der Waals surface area contributed by atoms with Crippen LogP contribution in [0, 0.1) is 17.2 Å². The molecule has 0 spiro atoms. The van der Waals surface area contributed by atoms with Gasteiger partial charge in [0.1, 0.15) is 12.6 Å². The summed E-state index contributed by atoms with van der Waals surface area (Å²) in [5.74, 6) is -0.860. The van der Waals surface area contributed by atoms with E-state index < -0.39 is 18.1 Å². The topological polar surface area (TPSA) is 115 Å². The van der Waals surface area contributed by atoms with Gasteiger partial charge >= 0.3 is 0 Å². The molecule has 0 aliphatic carbocycles. The Balaban J connectivity index is 1.28. The summed E-state index contributed by atoms with van der Waals surface area (Å²) in [6.07, 6.45) is 2.88. The number of nitriles is 1. The summed E-state index contributed by atoms with van der Waals surface area (Å²) in [5, 5.41) is 14.0. The monoisotopic (exact) mass is 563 g/mol. The highest BCUT2D eigenvalue weighted by atomic mass is 35.5. The molecule has 1 amide bonds. The third-order valence-electron chi connectivity index (χ3n) is 6.81. The van der Waals surface area contributed by atoms with E-state index in [4.69, 9.17) is 33.2 Å². The molecule has 2 aromatic rings. The molecule has 0 bridgehead atoms. The number of rotatable bonds is 5. The highest BCUT2D eigenvalue weighted by Crippen LogP contribution is 2.39. The molecule has 0 radical (unpaired) electrons. The van der Waals surface area contributed by atoms with Crippen LogP contribution in [0.5, 0.6) is 5.75 Å². The maximum absolute atomic E-state index is 12.7. The fourth-order valence-corrected chi connectivity index (χ4v) is 5.37. The molecule has 0 aromatic heterocycles. The molecule has 0 atom stereocenters. The quantitative estimate of drug-likeness (QED) is 0.498. The third kappa shape index (κ3) is 5.93. The number of carbonyl (C=O) groups excluding carboxylic acids is 3. The van der Waals surface area contributed by atoms with Crippen LogP contribution in [0.3, 0.4) is 0 Å². The molecule has 39 heavy (non-hydrogen) atoms. The van der Waals surface area contributed by atoms with Gasteiger partial charge in [-0.1, -0.05) is 53.5 Å². The van der Waals surface area contributed by atoms with E-state index in [-0.39, 0.29) is 51.3 Å². The van der Waals surface area contributed by atoms with Crippen LogP contribution in [-0.2, 0) is 20.9 Å². The number of hydrazone groups is 1. The Morgan fingerprint density at radius 2 is 1.72 bits per heavy atom. The molecule has 2 aromatic carbocycles. The number of hydrogen-bond acceptors (Lipinski definition) is 8. The molecular formula is C28H23Cl2N5O4. The standard InChI is InChI=1S/C28H23Cl2N5O4/c29-21-10-19(35-27(38)13-24(36)23(14-31)33-35)11-22(30)28(21)39-26-12-20(25(37)15-32-26)18-6-8-34(9-7-18)16-17-4-2-1-3-5-17/h1-5,10-12,18H,6-9,13,15-16H2. The van der Waals surface area contributed by atoms with Crippen molar-refractivity contribution in [3.8, 4) is 11.8 Å². The molecule has 0 unspecified atom stereocenters.